The molecule has 4 rings (SSSR count). The standard InChI is InChI=1S/C27H30FN3O3/c1-27(2,3)24-16-21(31-34-24)15-22(32)14-20-7-6-17(12-23(20)28)4-5-18-10-11-29-25(13-18)30-26(33)19-8-9-19/h6-7,10-13,16,19H,4-5,8-9,14-15H2,1-3H3,(H,29,30,33). The lowest BCUT2D eigenvalue weighted by molar-refractivity contribution is -0.118. The van der Waals surface area contributed by atoms with E-state index in [9.17, 15) is 14.0 Å². The summed E-state index contributed by atoms with van der Waals surface area (Å²) in [6.45, 7) is 6.03. The zero-order chi connectivity index (χ0) is 24.3. The van der Waals surface area contributed by atoms with E-state index in [2.05, 4.69) is 15.5 Å². The molecule has 0 spiro atoms. The van der Waals surface area contributed by atoms with Crippen LogP contribution in [0, 0.1) is 11.7 Å². The molecule has 3 aromatic rings. The first-order chi connectivity index (χ1) is 16.2. The summed E-state index contributed by atoms with van der Waals surface area (Å²) in [5.41, 5.74) is 2.63. The van der Waals surface area contributed by atoms with Gasteiger partial charge in [0.1, 0.15) is 23.2 Å². The van der Waals surface area contributed by atoms with E-state index in [1.165, 1.54) is 6.07 Å². The molecule has 0 unspecified atom stereocenters. The molecule has 7 heteroatoms. The maximum Gasteiger partial charge on any atom is 0.228 e. The number of nitrogens with zero attached hydrogens (tertiary/aromatic N) is 2. The number of aryl methyl sites for hydroxylation is 2. The topological polar surface area (TPSA) is 85.1 Å². The van der Waals surface area contributed by atoms with Crippen molar-refractivity contribution in [2.45, 2.75) is 64.7 Å². The van der Waals surface area contributed by atoms with Crippen LogP contribution in [0.15, 0.2) is 47.1 Å². The van der Waals surface area contributed by atoms with Gasteiger partial charge in [0.15, 0.2) is 0 Å². The SMILES string of the molecule is CC(C)(C)c1cc(CC(=O)Cc2ccc(CCc3ccnc(NC(=O)C4CC4)c3)cc2F)no1. The summed E-state index contributed by atoms with van der Waals surface area (Å²) in [6.07, 6.45) is 5.01. The highest BCUT2D eigenvalue weighted by atomic mass is 19.1. The molecular formula is C27H30FN3O3. The Morgan fingerprint density at radius 1 is 1.06 bits per heavy atom. The molecule has 178 valence electrons. The van der Waals surface area contributed by atoms with Crippen molar-refractivity contribution >= 4 is 17.5 Å². The molecule has 0 aliphatic heterocycles. The van der Waals surface area contributed by atoms with Crippen LogP contribution in [0.2, 0.25) is 0 Å². The molecule has 1 saturated carbocycles. The minimum atomic E-state index is -0.381. The molecule has 2 heterocycles. The first kappa shape index (κ1) is 23.8. The fraction of sp³-hybridized carbons (Fsp3) is 0.407. The van der Waals surface area contributed by atoms with Crippen LogP contribution >= 0.6 is 0 Å². The maximum absolute atomic E-state index is 14.7. The van der Waals surface area contributed by atoms with Crippen molar-refractivity contribution in [1.29, 1.82) is 0 Å². The lowest BCUT2D eigenvalue weighted by Gasteiger charge is -2.12. The van der Waals surface area contributed by atoms with Gasteiger partial charge in [-0.2, -0.15) is 0 Å². The zero-order valence-electron chi connectivity index (χ0n) is 19.9. The van der Waals surface area contributed by atoms with Crippen molar-refractivity contribution in [1.82, 2.24) is 10.1 Å². The van der Waals surface area contributed by atoms with E-state index >= 15 is 0 Å². The summed E-state index contributed by atoms with van der Waals surface area (Å²) in [6, 6.07) is 10.6. The summed E-state index contributed by atoms with van der Waals surface area (Å²) in [4.78, 5) is 28.6. The van der Waals surface area contributed by atoms with Crippen LogP contribution in [0.1, 0.15) is 61.8 Å². The first-order valence-corrected chi connectivity index (χ1v) is 11.7. The fourth-order valence-corrected chi connectivity index (χ4v) is 3.68. The number of halogens is 1. The van der Waals surface area contributed by atoms with Crippen molar-refractivity contribution < 1.29 is 18.5 Å². The Labute approximate surface area is 199 Å². The Hall–Kier alpha value is -3.35. The number of hydrogen-bond acceptors (Lipinski definition) is 5. The van der Waals surface area contributed by atoms with Gasteiger partial charge in [-0.3, -0.25) is 9.59 Å². The van der Waals surface area contributed by atoms with Gasteiger partial charge in [0.25, 0.3) is 0 Å². The second kappa shape index (κ2) is 9.87. The van der Waals surface area contributed by atoms with Crippen molar-refractivity contribution in [3.05, 3.63) is 76.6 Å². The Balaban J connectivity index is 1.31. The van der Waals surface area contributed by atoms with E-state index in [4.69, 9.17) is 4.52 Å². The van der Waals surface area contributed by atoms with Gasteiger partial charge in [-0.25, -0.2) is 9.37 Å². The number of ketones is 1. The van der Waals surface area contributed by atoms with E-state index < -0.39 is 0 Å². The van der Waals surface area contributed by atoms with Crippen LogP contribution in [0.4, 0.5) is 10.2 Å². The molecule has 1 fully saturated rings. The van der Waals surface area contributed by atoms with Crippen LogP contribution in [0.3, 0.4) is 0 Å². The number of carbonyl (C=O) groups excluding carboxylic acids is 2. The number of aromatic nitrogens is 2. The quantitative estimate of drug-likeness (QED) is 0.483. The molecule has 1 aliphatic rings. The first-order valence-electron chi connectivity index (χ1n) is 11.7. The second-order valence-electron chi connectivity index (χ2n) is 10.1. The largest absolute Gasteiger partial charge is 0.361 e. The predicted octanol–water partition coefficient (Wildman–Crippen LogP) is 4.99. The van der Waals surface area contributed by atoms with Gasteiger partial charge in [0.2, 0.25) is 5.91 Å². The average molecular weight is 464 g/mol. The molecule has 1 amide bonds. The van der Waals surface area contributed by atoms with Gasteiger partial charge in [-0.05, 0) is 60.6 Å². The molecule has 0 saturated heterocycles. The molecule has 34 heavy (non-hydrogen) atoms. The van der Waals surface area contributed by atoms with Crippen molar-refractivity contribution in [3.63, 3.8) is 0 Å². The van der Waals surface area contributed by atoms with E-state index in [1.54, 1.807) is 18.3 Å². The predicted molar refractivity (Wildman–Crippen MR) is 127 cm³/mol. The number of nitrogens with one attached hydrogen (secondary N) is 1. The minimum Gasteiger partial charge on any atom is -0.361 e. The van der Waals surface area contributed by atoms with Crippen LogP contribution in [0.5, 0.6) is 0 Å². The van der Waals surface area contributed by atoms with E-state index in [0.29, 0.717) is 29.9 Å². The molecule has 2 aromatic heterocycles. The fourth-order valence-electron chi connectivity index (χ4n) is 3.68. The summed E-state index contributed by atoms with van der Waals surface area (Å²) in [5, 5.41) is 6.82. The molecule has 0 bridgehead atoms. The third kappa shape index (κ3) is 6.37. The highest BCUT2D eigenvalue weighted by molar-refractivity contribution is 5.93. The lowest BCUT2D eigenvalue weighted by Crippen LogP contribution is -2.14. The molecule has 6 nitrogen and oxygen atoms in total. The molecule has 1 N–H and O–H groups in total. The number of benzene rings is 1. The smallest absolute Gasteiger partial charge is 0.228 e. The molecule has 0 radical (unpaired) electrons. The number of carbonyl (C=O) groups is 2. The number of rotatable bonds is 9. The van der Waals surface area contributed by atoms with Gasteiger partial charge in [-0.15, -0.1) is 0 Å². The van der Waals surface area contributed by atoms with E-state index in [0.717, 1.165) is 29.7 Å². The highest BCUT2D eigenvalue weighted by Crippen LogP contribution is 2.30. The third-order valence-corrected chi connectivity index (χ3v) is 5.91. The molecule has 0 atom stereocenters. The van der Waals surface area contributed by atoms with Crippen LogP contribution < -0.4 is 5.32 Å². The third-order valence-electron chi connectivity index (χ3n) is 5.91. The lowest BCUT2D eigenvalue weighted by atomic mass is 9.93. The van der Waals surface area contributed by atoms with Gasteiger partial charge >= 0.3 is 0 Å². The summed E-state index contributed by atoms with van der Waals surface area (Å²) in [5.74, 6) is 0.922. The summed E-state index contributed by atoms with van der Waals surface area (Å²) in [7, 11) is 0. The number of amides is 1. The van der Waals surface area contributed by atoms with Gasteiger partial charge in [0.05, 0.1) is 12.1 Å². The van der Waals surface area contributed by atoms with Gasteiger partial charge < -0.3 is 9.84 Å². The van der Waals surface area contributed by atoms with Crippen molar-refractivity contribution in [3.8, 4) is 0 Å². The van der Waals surface area contributed by atoms with Crippen LogP contribution in [0.25, 0.3) is 0 Å². The normalized spacial score (nSPS) is 13.6. The summed E-state index contributed by atoms with van der Waals surface area (Å²) < 4.78 is 20.0. The van der Waals surface area contributed by atoms with E-state index in [-0.39, 0.29) is 41.7 Å². The van der Waals surface area contributed by atoms with Gasteiger partial charge in [0, 0.05) is 30.0 Å². The zero-order valence-corrected chi connectivity index (χ0v) is 19.9. The van der Waals surface area contributed by atoms with Crippen molar-refractivity contribution in [2.24, 2.45) is 5.92 Å². The number of pyridine rings is 1. The minimum absolute atomic E-state index is 0.0121. The average Bonchev–Trinajstić information content (AvgIpc) is 3.52. The highest BCUT2D eigenvalue weighted by Gasteiger charge is 2.29. The van der Waals surface area contributed by atoms with Crippen LogP contribution in [-0.4, -0.2) is 21.8 Å². The molecule has 1 aromatic carbocycles. The molecular weight excluding hydrogens is 433 g/mol. The number of Topliss-reactive ketones (excluding diaryl/α,β-unsaturated/α-hetero) is 1. The van der Waals surface area contributed by atoms with Gasteiger partial charge in [-0.1, -0.05) is 38.1 Å². The Kier molecular flexibility index (Phi) is 6.91. The maximum atomic E-state index is 14.7. The number of hydrogen-bond donors (Lipinski definition) is 1. The Bertz CT molecular complexity index is 1190. The Morgan fingerprint density at radius 3 is 2.44 bits per heavy atom. The van der Waals surface area contributed by atoms with Crippen molar-refractivity contribution in [2.75, 3.05) is 5.32 Å². The second-order valence-corrected chi connectivity index (χ2v) is 10.1. The molecule has 1 aliphatic carbocycles. The Morgan fingerprint density at radius 2 is 1.79 bits per heavy atom. The van der Waals surface area contributed by atoms with Crippen LogP contribution in [-0.2, 0) is 40.7 Å². The summed E-state index contributed by atoms with van der Waals surface area (Å²) >= 11 is 0. The van der Waals surface area contributed by atoms with E-state index in [1.807, 2.05) is 39.0 Å². The monoisotopic (exact) mass is 463 g/mol. The number of anilines is 1.